The largest absolute Gasteiger partial charge is 0.484 e. The number of nitrogens with one attached hydrogen (secondary N) is 1. The lowest BCUT2D eigenvalue weighted by molar-refractivity contribution is -0.123. The Morgan fingerprint density at radius 3 is 2.68 bits per heavy atom. The van der Waals surface area contributed by atoms with Gasteiger partial charge in [0.2, 0.25) is 0 Å². The van der Waals surface area contributed by atoms with Gasteiger partial charge in [-0.1, -0.05) is 11.6 Å². The molecule has 0 aliphatic carbocycles. The third-order valence-corrected chi connectivity index (χ3v) is 4.91. The summed E-state index contributed by atoms with van der Waals surface area (Å²) in [6, 6.07) is 7.42. The highest BCUT2D eigenvalue weighted by atomic mass is 79.9. The van der Waals surface area contributed by atoms with Crippen molar-refractivity contribution in [1.82, 2.24) is 5.43 Å². The first kappa shape index (κ1) is 17.0. The maximum Gasteiger partial charge on any atom is 0.277 e. The number of halogens is 2. The lowest BCUT2D eigenvalue weighted by atomic mass is 10.1. The second-order valence-electron chi connectivity index (χ2n) is 4.59. The van der Waals surface area contributed by atoms with E-state index in [1.54, 1.807) is 18.3 Å². The van der Waals surface area contributed by atoms with E-state index in [0.717, 1.165) is 19.8 Å². The number of rotatable bonds is 5. The standard InChI is InChI=1S/C15H14BrClN2O2S/c1-9-5-11(6-10(2)15(9)17)21-8-14(20)19-18-7-12-3-4-13(16)22-12/h3-7H,8H2,1-2H3,(H,19,20)/b18-7+. The van der Waals surface area contributed by atoms with E-state index < -0.39 is 0 Å². The molecule has 0 bridgehead atoms. The molecular weight excluding hydrogens is 388 g/mol. The minimum Gasteiger partial charge on any atom is -0.484 e. The smallest absolute Gasteiger partial charge is 0.277 e. The van der Waals surface area contributed by atoms with Crippen molar-refractivity contribution in [3.05, 3.63) is 49.1 Å². The van der Waals surface area contributed by atoms with E-state index in [0.29, 0.717) is 10.8 Å². The van der Waals surface area contributed by atoms with Crippen LogP contribution in [0, 0.1) is 13.8 Å². The quantitative estimate of drug-likeness (QED) is 0.599. The number of hydrogen-bond donors (Lipinski definition) is 1. The van der Waals surface area contributed by atoms with Gasteiger partial charge in [-0.2, -0.15) is 5.10 Å². The number of thiophene rings is 1. The SMILES string of the molecule is Cc1cc(OCC(=O)N/N=C/c2ccc(Br)s2)cc(C)c1Cl. The molecule has 0 radical (unpaired) electrons. The van der Waals surface area contributed by atoms with Gasteiger partial charge in [0.1, 0.15) is 5.75 Å². The fourth-order valence-corrected chi connectivity index (χ4v) is 3.14. The monoisotopic (exact) mass is 400 g/mol. The lowest BCUT2D eigenvalue weighted by Crippen LogP contribution is -2.24. The number of ether oxygens (including phenoxy) is 1. The summed E-state index contributed by atoms with van der Waals surface area (Å²) in [7, 11) is 0. The minimum absolute atomic E-state index is 0.105. The molecule has 0 atom stereocenters. The van der Waals surface area contributed by atoms with Crippen LogP contribution in [0.3, 0.4) is 0 Å². The average molecular weight is 402 g/mol. The van der Waals surface area contributed by atoms with E-state index in [2.05, 4.69) is 26.5 Å². The first-order valence-corrected chi connectivity index (χ1v) is 8.41. The number of nitrogens with zero attached hydrogens (tertiary/aromatic N) is 1. The highest BCUT2D eigenvalue weighted by molar-refractivity contribution is 9.11. The Morgan fingerprint density at radius 2 is 2.09 bits per heavy atom. The molecule has 22 heavy (non-hydrogen) atoms. The van der Waals surface area contributed by atoms with Crippen LogP contribution in [0.15, 0.2) is 33.2 Å². The summed E-state index contributed by atoms with van der Waals surface area (Å²) in [5.41, 5.74) is 4.25. The number of amides is 1. The Morgan fingerprint density at radius 1 is 1.41 bits per heavy atom. The summed E-state index contributed by atoms with van der Waals surface area (Å²) in [6.07, 6.45) is 1.59. The zero-order valence-corrected chi connectivity index (χ0v) is 15.2. The second-order valence-corrected chi connectivity index (χ2v) is 7.47. The number of benzene rings is 1. The van der Waals surface area contributed by atoms with Crippen LogP contribution in [0.4, 0.5) is 0 Å². The molecule has 0 fully saturated rings. The van der Waals surface area contributed by atoms with Crippen LogP contribution in [-0.4, -0.2) is 18.7 Å². The lowest BCUT2D eigenvalue weighted by Gasteiger charge is -2.09. The highest BCUT2D eigenvalue weighted by Gasteiger charge is 2.06. The van der Waals surface area contributed by atoms with E-state index in [4.69, 9.17) is 16.3 Å². The van der Waals surface area contributed by atoms with E-state index >= 15 is 0 Å². The van der Waals surface area contributed by atoms with E-state index in [9.17, 15) is 4.79 Å². The van der Waals surface area contributed by atoms with Crippen molar-refractivity contribution in [1.29, 1.82) is 0 Å². The first-order valence-electron chi connectivity index (χ1n) is 6.42. The van der Waals surface area contributed by atoms with Crippen LogP contribution in [0.2, 0.25) is 5.02 Å². The molecule has 0 spiro atoms. The molecule has 2 rings (SSSR count). The Labute approximate surface area is 146 Å². The molecule has 1 N–H and O–H groups in total. The van der Waals surface area contributed by atoms with Gasteiger partial charge >= 0.3 is 0 Å². The summed E-state index contributed by atoms with van der Waals surface area (Å²) in [4.78, 5) is 12.6. The maximum atomic E-state index is 11.7. The van der Waals surface area contributed by atoms with Crippen molar-refractivity contribution in [3.8, 4) is 5.75 Å². The molecule has 2 aromatic rings. The molecule has 116 valence electrons. The Balaban J connectivity index is 1.84. The van der Waals surface area contributed by atoms with Gasteiger partial charge in [-0.25, -0.2) is 5.43 Å². The van der Waals surface area contributed by atoms with Gasteiger partial charge in [0.15, 0.2) is 6.61 Å². The molecule has 0 aliphatic heterocycles. The number of hydrogen-bond acceptors (Lipinski definition) is 4. The minimum atomic E-state index is -0.322. The number of carbonyl (C=O) groups excluding carboxylic acids is 1. The summed E-state index contributed by atoms with van der Waals surface area (Å²) in [5.74, 6) is 0.290. The molecule has 0 saturated carbocycles. The predicted molar refractivity (Wildman–Crippen MR) is 94.2 cm³/mol. The van der Waals surface area contributed by atoms with Crippen molar-refractivity contribution in [2.75, 3.05) is 6.61 Å². The van der Waals surface area contributed by atoms with Crippen LogP contribution in [0.1, 0.15) is 16.0 Å². The Bertz CT molecular complexity index is 692. The summed E-state index contributed by atoms with van der Waals surface area (Å²) < 4.78 is 6.45. The highest BCUT2D eigenvalue weighted by Crippen LogP contribution is 2.25. The zero-order chi connectivity index (χ0) is 16.1. The number of hydrazone groups is 1. The van der Waals surface area contributed by atoms with Gasteiger partial charge in [-0.05, 0) is 65.2 Å². The van der Waals surface area contributed by atoms with Gasteiger partial charge in [0, 0.05) is 9.90 Å². The Kier molecular flexibility index (Phi) is 5.99. The van der Waals surface area contributed by atoms with E-state index in [-0.39, 0.29) is 12.5 Å². The van der Waals surface area contributed by atoms with Crippen LogP contribution in [0.25, 0.3) is 0 Å². The average Bonchev–Trinajstić information content (AvgIpc) is 2.88. The van der Waals surface area contributed by atoms with E-state index in [1.165, 1.54) is 11.3 Å². The maximum absolute atomic E-state index is 11.7. The Hall–Kier alpha value is -1.37. The van der Waals surface area contributed by atoms with Crippen molar-refractivity contribution < 1.29 is 9.53 Å². The van der Waals surface area contributed by atoms with Gasteiger partial charge in [-0.15, -0.1) is 11.3 Å². The van der Waals surface area contributed by atoms with Gasteiger partial charge in [0.25, 0.3) is 5.91 Å². The van der Waals surface area contributed by atoms with Crippen molar-refractivity contribution in [2.24, 2.45) is 5.10 Å². The molecule has 0 unspecified atom stereocenters. The molecular formula is C15H14BrClN2O2S. The molecule has 4 nitrogen and oxygen atoms in total. The van der Waals surface area contributed by atoms with Crippen molar-refractivity contribution in [3.63, 3.8) is 0 Å². The topological polar surface area (TPSA) is 50.7 Å². The van der Waals surface area contributed by atoms with Crippen LogP contribution < -0.4 is 10.2 Å². The van der Waals surface area contributed by atoms with E-state index in [1.807, 2.05) is 26.0 Å². The van der Waals surface area contributed by atoms with Crippen LogP contribution in [-0.2, 0) is 4.79 Å². The molecule has 1 aromatic carbocycles. The van der Waals surface area contributed by atoms with Crippen LogP contribution >= 0.6 is 38.9 Å². The van der Waals surface area contributed by atoms with Gasteiger partial charge < -0.3 is 4.74 Å². The molecule has 1 heterocycles. The molecule has 1 aromatic heterocycles. The predicted octanol–water partition coefficient (Wildman–Crippen LogP) is 4.31. The summed E-state index contributed by atoms with van der Waals surface area (Å²) in [6.45, 7) is 3.68. The van der Waals surface area contributed by atoms with Crippen molar-refractivity contribution >= 4 is 51.0 Å². The molecule has 7 heteroatoms. The van der Waals surface area contributed by atoms with Gasteiger partial charge in [-0.3, -0.25) is 4.79 Å². The third-order valence-electron chi connectivity index (χ3n) is 2.75. The molecule has 1 amide bonds. The normalized spacial score (nSPS) is 10.9. The number of carbonyl (C=O) groups is 1. The zero-order valence-electron chi connectivity index (χ0n) is 12.0. The molecule has 0 aliphatic rings. The van der Waals surface area contributed by atoms with Crippen LogP contribution in [0.5, 0.6) is 5.75 Å². The van der Waals surface area contributed by atoms with Crippen molar-refractivity contribution in [2.45, 2.75) is 13.8 Å². The van der Waals surface area contributed by atoms with Gasteiger partial charge in [0.05, 0.1) is 10.0 Å². The first-order chi connectivity index (χ1) is 10.5. The fourth-order valence-electron chi connectivity index (χ4n) is 1.74. The second kappa shape index (κ2) is 7.76. The fraction of sp³-hybridized carbons (Fsp3) is 0.200. The summed E-state index contributed by atoms with van der Waals surface area (Å²) >= 11 is 11.0. The summed E-state index contributed by atoms with van der Waals surface area (Å²) in [5, 5.41) is 4.59. The molecule has 0 saturated heterocycles. The number of aryl methyl sites for hydroxylation is 2. The third kappa shape index (κ3) is 4.83.